The molecule has 0 fully saturated rings. The number of phenolic OH excluding ortho intramolecular Hbond substituents is 1. The molecular formula is C14H13FN2O. The summed E-state index contributed by atoms with van der Waals surface area (Å²) >= 11 is 0. The molecule has 18 heavy (non-hydrogen) atoms. The first-order valence-electron chi connectivity index (χ1n) is 5.82. The Labute approximate surface area is 103 Å². The summed E-state index contributed by atoms with van der Waals surface area (Å²) in [6.07, 6.45) is 0. The number of nitrogens with one attached hydrogen (secondary N) is 2. The molecule has 0 atom stereocenters. The van der Waals surface area contributed by atoms with E-state index in [0.29, 0.717) is 6.54 Å². The van der Waals surface area contributed by atoms with Crippen molar-refractivity contribution < 1.29 is 9.50 Å². The van der Waals surface area contributed by atoms with Crippen molar-refractivity contribution >= 4 is 27.5 Å². The van der Waals surface area contributed by atoms with Gasteiger partial charge in [0.05, 0.1) is 5.52 Å². The third-order valence-corrected chi connectivity index (χ3v) is 3.01. The number of halogens is 1. The number of anilines is 1. The van der Waals surface area contributed by atoms with Gasteiger partial charge in [0.15, 0.2) is 0 Å². The second kappa shape index (κ2) is 4.22. The molecule has 3 rings (SSSR count). The first kappa shape index (κ1) is 10.9. The van der Waals surface area contributed by atoms with Crippen LogP contribution in [-0.4, -0.2) is 23.3 Å². The number of aromatic nitrogens is 1. The molecule has 0 unspecified atom stereocenters. The largest absolute Gasteiger partial charge is 0.508 e. The van der Waals surface area contributed by atoms with E-state index in [1.165, 1.54) is 0 Å². The van der Waals surface area contributed by atoms with E-state index in [0.717, 1.165) is 27.5 Å². The Kier molecular flexibility index (Phi) is 2.55. The fraction of sp³-hybridized carbons (Fsp3) is 0.143. The zero-order valence-electron chi connectivity index (χ0n) is 9.70. The van der Waals surface area contributed by atoms with Crippen molar-refractivity contribution in [1.82, 2.24) is 4.98 Å². The molecule has 0 aliphatic heterocycles. The minimum Gasteiger partial charge on any atom is -0.508 e. The normalized spacial score (nSPS) is 11.2. The highest BCUT2D eigenvalue weighted by Crippen LogP contribution is 2.29. The summed E-state index contributed by atoms with van der Waals surface area (Å²) in [6, 6.07) is 11.1. The summed E-state index contributed by atoms with van der Waals surface area (Å²) in [5.41, 5.74) is 2.75. The van der Waals surface area contributed by atoms with Gasteiger partial charge < -0.3 is 15.4 Å². The number of H-pyrrole nitrogens is 1. The molecule has 0 aliphatic carbocycles. The first-order valence-corrected chi connectivity index (χ1v) is 5.82. The molecule has 0 saturated carbocycles. The fourth-order valence-electron chi connectivity index (χ4n) is 2.20. The average Bonchev–Trinajstić information content (AvgIpc) is 2.72. The van der Waals surface area contributed by atoms with E-state index < -0.39 is 6.67 Å². The van der Waals surface area contributed by atoms with Gasteiger partial charge in [-0.1, -0.05) is 6.07 Å². The Balaban J connectivity index is 2.14. The molecule has 3 N–H and O–H groups in total. The molecule has 0 bridgehead atoms. The minimum atomic E-state index is -0.390. The van der Waals surface area contributed by atoms with Crippen LogP contribution in [-0.2, 0) is 0 Å². The Morgan fingerprint density at radius 2 is 1.78 bits per heavy atom. The van der Waals surface area contributed by atoms with Crippen LogP contribution in [0.5, 0.6) is 5.75 Å². The highest BCUT2D eigenvalue weighted by Gasteiger charge is 2.05. The van der Waals surface area contributed by atoms with Crippen LogP contribution in [0, 0.1) is 0 Å². The van der Waals surface area contributed by atoms with Gasteiger partial charge in [-0.2, -0.15) is 0 Å². The number of benzene rings is 2. The Hall–Kier alpha value is -2.23. The highest BCUT2D eigenvalue weighted by atomic mass is 19.1. The van der Waals surface area contributed by atoms with Gasteiger partial charge in [0.25, 0.3) is 0 Å². The van der Waals surface area contributed by atoms with Gasteiger partial charge >= 0.3 is 0 Å². The lowest BCUT2D eigenvalue weighted by molar-refractivity contribution is 0.476. The number of aromatic hydroxyl groups is 1. The van der Waals surface area contributed by atoms with Gasteiger partial charge in [-0.25, -0.2) is 4.39 Å². The van der Waals surface area contributed by atoms with E-state index in [4.69, 9.17) is 0 Å². The van der Waals surface area contributed by atoms with Gasteiger partial charge in [-0.15, -0.1) is 0 Å². The summed E-state index contributed by atoms with van der Waals surface area (Å²) in [4.78, 5) is 3.24. The van der Waals surface area contributed by atoms with Gasteiger partial charge in [0.1, 0.15) is 12.4 Å². The predicted molar refractivity (Wildman–Crippen MR) is 71.9 cm³/mol. The van der Waals surface area contributed by atoms with Crippen LogP contribution >= 0.6 is 0 Å². The number of hydrogen-bond donors (Lipinski definition) is 3. The van der Waals surface area contributed by atoms with Crippen LogP contribution in [0.3, 0.4) is 0 Å². The Morgan fingerprint density at radius 3 is 2.56 bits per heavy atom. The van der Waals surface area contributed by atoms with Crippen LogP contribution in [0.15, 0.2) is 36.4 Å². The number of alkyl halides is 1. The molecule has 1 heterocycles. The molecule has 0 aliphatic rings. The Bertz CT molecular complexity index is 705. The zero-order chi connectivity index (χ0) is 12.5. The molecule has 0 spiro atoms. The maximum atomic E-state index is 12.1. The lowest BCUT2D eigenvalue weighted by Crippen LogP contribution is -2.02. The predicted octanol–water partition coefficient (Wildman–Crippen LogP) is 3.41. The average molecular weight is 244 g/mol. The van der Waals surface area contributed by atoms with Crippen molar-refractivity contribution in [3.8, 4) is 5.75 Å². The third kappa shape index (κ3) is 1.76. The summed E-state index contributed by atoms with van der Waals surface area (Å²) < 4.78 is 12.1. The second-order valence-corrected chi connectivity index (χ2v) is 4.23. The summed E-state index contributed by atoms with van der Waals surface area (Å²) in [7, 11) is 0. The SMILES string of the molecule is Oc1ccc2c(c1)[nH]c1cc(NCCF)ccc12. The second-order valence-electron chi connectivity index (χ2n) is 4.23. The van der Waals surface area contributed by atoms with Crippen LogP contribution in [0.2, 0.25) is 0 Å². The Morgan fingerprint density at radius 1 is 1.06 bits per heavy atom. The van der Waals surface area contributed by atoms with E-state index in [9.17, 15) is 9.50 Å². The molecule has 1 aromatic heterocycles. The molecule has 0 amide bonds. The number of aromatic amines is 1. The van der Waals surface area contributed by atoms with E-state index >= 15 is 0 Å². The molecule has 2 aromatic carbocycles. The maximum absolute atomic E-state index is 12.1. The molecule has 3 nitrogen and oxygen atoms in total. The van der Waals surface area contributed by atoms with E-state index in [1.54, 1.807) is 12.1 Å². The summed E-state index contributed by atoms with van der Waals surface area (Å²) in [6.45, 7) is -0.0782. The minimum absolute atomic E-state index is 0.241. The lowest BCUT2D eigenvalue weighted by Gasteiger charge is -2.03. The van der Waals surface area contributed by atoms with Crippen molar-refractivity contribution in [3.63, 3.8) is 0 Å². The van der Waals surface area contributed by atoms with Crippen LogP contribution in [0.4, 0.5) is 10.1 Å². The number of fused-ring (bicyclic) bond motifs is 3. The molecule has 0 radical (unpaired) electrons. The van der Waals surface area contributed by atoms with E-state index in [-0.39, 0.29) is 5.75 Å². The summed E-state index contributed by atoms with van der Waals surface area (Å²) in [5.74, 6) is 0.241. The smallest absolute Gasteiger partial charge is 0.117 e. The van der Waals surface area contributed by atoms with Gasteiger partial charge in [0.2, 0.25) is 0 Å². The van der Waals surface area contributed by atoms with Gasteiger partial charge in [-0.3, -0.25) is 0 Å². The lowest BCUT2D eigenvalue weighted by atomic mass is 10.1. The number of phenols is 1. The zero-order valence-corrected chi connectivity index (χ0v) is 9.70. The molecule has 0 saturated heterocycles. The number of rotatable bonds is 3. The topological polar surface area (TPSA) is 48.0 Å². The van der Waals surface area contributed by atoms with Crippen molar-refractivity contribution in [1.29, 1.82) is 0 Å². The van der Waals surface area contributed by atoms with Crippen LogP contribution < -0.4 is 5.32 Å². The van der Waals surface area contributed by atoms with Crippen molar-refractivity contribution in [2.24, 2.45) is 0 Å². The quantitative estimate of drug-likeness (QED) is 0.661. The monoisotopic (exact) mass is 244 g/mol. The number of hydrogen-bond acceptors (Lipinski definition) is 2. The van der Waals surface area contributed by atoms with Gasteiger partial charge in [-0.05, 0) is 24.3 Å². The fourth-order valence-corrected chi connectivity index (χ4v) is 2.20. The standard InChI is InChI=1S/C14H13FN2O/c15-5-6-16-9-1-3-11-12-4-2-10(18)8-14(12)17-13(11)7-9/h1-4,7-8,16-18H,5-6H2. The summed E-state index contributed by atoms with van der Waals surface area (Å²) in [5, 5.41) is 14.6. The molecular weight excluding hydrogens is 231 g/mol. The van der Waals surface area contributed by atoms with E-state index in [2.05, 4.69) is 10.3 Å². The molecule has 92 valence electrons. The van der Waals surface area contributed by atoms with Crippen molar-refractivity contribution in [2.45, 2.75) is 0 Å². The van der Waals surface area contributed by atoms with Crippen molar-refractivity contribution in [3.05, 3.63) is 36.4 Å². The van der Waals surface area contributed by atoms with Crippen molar-refractivity contribution in [2.75, 3.05) is 18.5 Å². The highest BCUT2D eigenvalue weighted by molar-refractivity contribution is 6.08. The first-order chi connectivity index (χ1) is 8.78. The third-order valence-electron chi connectivity index (χ3n) is 3.01. The van der Waals surface area contributed by atoms with Crippen LogP contribution in [0.1, 0.15) is 0 Å². The molecule has 4 heteroatoms. The van der Waals surface area contributed by atoms with E-state index in [1.807, 2.05) is 24.3 Å². The molecule has 3 aromatic rings. The van der Waals surface area contributed by atoms with Crippen LogP contribution in [0.25, 0.3) is 21.8 Å². The maximum Gasteiger partial charge on any atom is 0.117 e. The van der Waals surface area contributed by atoms with Gasteiger partial charge in [0, 0.05) is 34.6 Å².